The molecule has 0 saturated heterocycles. The summed E-state index contributed by atoms with van der Waals surface area (Å²) in [5.41, 5.74) is 1.06. The molecule has 1 rings (SSSR count). The minimum Gasteiger partial charge on any atom is -0.428 e. The molecule has 0 aliphatic heterocycles. The summed E-state index contributed by atoms with van der Waals surface area (Å²) < 4.78 is 4.75. The number of hydrogen-bond acceptors (Lipinski definition) is 2. The van der Waals surface area contributed by atoms with Crippen molar-refractivity contribution in [1.29, 1.82) is 0 Å². The first-order valence-electron chi connectivity index (χ1n) is 3.56. The average molecular weight is 150 g/mol. The summed E-state index contributed by atoms with van der Waals surface area (Å²) in [6.45, 7) is 2.47. The van der Waals surface area contributed by atoms with Crippen LogP contribution in [0.15, 0.2) is 24.3 Å². The number of carbonyl (C=O) groups is 1. The third-order valence-electron chi connectivity index (χ3n) is 1.53. The third-order valence-corrected chi connectivity index (χ3v) is 1.53. The van der Waals surface area contributed by atoms with Gasteiger partial charge in [0.1, 0.15) is 5.75 Å². The Morgan fingerprint density at radius 1 is 1.45 bits per heavy atom. The molecule has 0 bridgehead atoms. The van der Waals surface area contributed by atoms with Gasteiger partial charge in [-0.05, 0) is 18.1 Å². The molecule has 11 heavy (non-hydrogen) atoms. The lowest BCUT2D eigenvalue weighted by Gasteiger charge is -2.02. The second-order valence-electron chi connectivity index (χ2n) is 2.18. The largest absolute Gasteiger partial charge is 0.428 e. The summed E-state index contributed by atoms with van der Waals surface area (Å²) >= 11 is 0. The predicted molar refractivity (Wildman–Crippen MR) is 42.5 cm³/mol. The summed E-state index contributed by atoms with van der Waals surface area (Å²) in [5.74, 6) is 0.657. The van der Waals surface area contributed by atoms with Gasteiger partial charge in [-0.3, -0.25) is 4.79 Å². The van der Waals surface area contributed by atoms with E-state index in [2.05, 4.69) is 0 Å². The van der Waals surface area contributed by atoms with E-state index < -0.39 is 0 Å². The summed E-state index contributed by atoms with van der Waals surface area (Å²) in [4.78, 5) is 10.0. The van der Waals surface area contributed by atoms with E-state index in [1.807, 2.05) is 25.1 Å². The van der Waals surface area contributed by atoms with E-state index in [0.717, 1.165) is 12.0 Å². The van der Waals surface area contributed by atoms with Gasteiger partial charge in [0, 0.05) is 0 Å². The van der Waals surface area contributed by atoms with Gasteiger partial charge < -0.3 is 4.74 Å². The lowest BCUT2D eigenvalue weighted by molar-refractivity contribution is -0.120. The van der Waals surface area contributed by atoms with Gasteiger partial charge in [-0.1, -0.05) is 25.1 Å². The number of aryl methyl sites for hydroxylation is 1. The molecule has 1 aromatic rings. The average Bonchev–Trinajstić information content (AvgIpc) is 2.06. The summed E-state index contributed by atoms with van der Waals surface area (Å²) in [6, 6.07) is 7.50. The Bertz CT molecular complexity index is 243. The highest BCUT2D eigenvalue weighted by Crippen LogP contribution is 2.16. The molecule has 2 heteroatoms. The van der Waals surface area contributed by atoms with Gasteiger partial charge in [0.2, 0.25) is 0 Å². The fourth-order valence-electron chi connectivity index (χ4n) is 0.963. The zero-order chi connectivity index (χ0) is 8.10. The van der Waals surface area contributed by atoms with Crippen LogP contribution in [0.25, 0.3) is 0 Å². The maximum Gasteiger partial charge on any atom is 0.298 e. The van der Waals surface area contributed by atoms with E-state index in [0.29, 0.717) is 12.2 Å². The third kappa shape index (κ3) is 1.80. The van der Waals surface area contributed by atoms with Crippen molar-refractivity contribution in [1.82, 2.24) is 0 Å². The SMILES string of the molecule is CCc1ccccc1OC=O. The molecule has 0 N–H and O–H groups in total. The van der Waals surface area contributed by atoms with Gasteiger partial charge in [0.15, 0.2) is 0 Å². The molecule has 0 atom stereocenters. The smallest absolute Gasteiger partial charge is 0.298 e. The number of ether oxygens (including phenoxy) is 1. The van der Waals surface area contributed by atoms with E-state index in [-0.39, 0.29) is 0 Å². The number of benzene rings is 1. The van der Waals surface area contributed by atoms with Gasteiger partial charge in [0.05, 0.1) is 0 Å². The predicted octanol–water partition coefficient (Wildman–Crippen LogP) is 1.78. The molecule has 0 spiro atoms. The maximum atomic E-state index is 10.0. The topological polar surface area (TPSA) is 26.3 Å². The second kappa shape index (κ2) is 3.76. The fraction of sp³-hybridized carbons (Fsp3) is 0.222. The lowest BCUT2D eigenvalue weighted by Crippen LogP contribution is -1.92. The highest BCUT2D eigenvalue weighted by atomic mass is 16.5. The molecular weight excluding hydrogens is 140 g/mol. The van der Waals surface area contributed by atoms with Crippen molar-refractivity contribution >= 4 is 6.47 Å². The molecule has 0 aliphatic carbocycles. The number of carbonyl (C=O) groups excluding carboxylic acids is 1. The fourth-order valence-corrected chi connectivity index (χ4v) is 0.963. The standard InChI is InChI=1S/C9H10O2/c1-2-8-5-3-4-6-9(8)11-7-10/h3-7H,2H2,1H3. The highest BCUT2D eigenvalue weighted by molar-refractivity contribution is 5.47. The van der Waals surface area contributed by atoms with Crippen LogP contribution in [0.4, 0.5) is 0 Å². The van der Waals surface area contributed by atoms with Crippen molar-refractivity contribution in [3.63, 3.8) is 0 Å². The zero-order valence-corrected chi connectivity index (χ0v) is 6.41. The lowest BCUT2D eigenvalue weighted by atomic mass is 10.1. The van der Waals surface area contributed by atoms with Crippen molar-refractivity contribution in [2.75, 3.05) is 0 Å². The van der Waals surface area contributed by atoms with Crippen LogP contribution in [0.2, 0.25) is 0 Å². The maximum absolute atomic E-state index is 10.0. The zero-order valence-electron chi connectivity index (χ0n) is 6.41. The van der Waals surface area contributed by atoms with Crippen molar-refractivity contribution in [2.45, 2.75) is 13.3 Å². The highest BCUT2D eigenvalue weighted by Gasteiger charge is 1.97. The quantitative estimate of drug-likeness (QED) is 0.614. The Hall–Kier alpha value is -1.31. The van der Waals surface area contributed by atoms with Crippen LogP contribution in [0, 0.1) is 0 Å². The van der Waals surface area contributed by atoms with Crippen LogP contribution < -0.4 is 4.74 Å². The Balaban J connectivity index is 2.92. The normalized spacial score (nSPS) is 9.18. The van der Waals surface area contributed by atoms with E-state index in [9.17, 15) is 4.79 Å². The van der Waals surface area contributed by atoms with Crippen LogP contribution >= 0.6 is 0 Å². The van der Waals surface area contributed by atoms with Crippen LogP contribution in [0.1, 0.15) is 12.5 Å². The van der Waals surface area contributed by atoms with E-state index in [1.165, 1.54) is 0 Å². The van der Waals surface area contributed by atoms with Gasteiger partial charge >= 0.3 is 0 Å². The molecule has 1 aromatic carbocycles. The Morgan fingerprint density at radius 2 is 2.18 bits per heavy atom. The molecule has 0 fully saturated rings. The van der Waals surface area contributed by atoms with Crippen molar-refractivity contribution in [3.05, 3.63) is 29.8 Å². The first-order valence-corrected chi connectivity index (χ1v) is 3.56. The molecule has 0 saturated carbocycles. The van der Waals surface area contributed by atoms with Crippen LogP contribution in [-0.2, 0) is 11.2 Å². The van der Waals surface area contributed by atoms with Crippen LogP contribution in [0.5, 0.6) is 5.75 Å². The Labute approximate surface area is 65.8 Å². The molecule has 58 valence electrons. The van der Waals surface area contributed by atoms with Crippen molar-refractivity contribution in [3.8, 4) is 5.75 Å². The monoisotopic (exact) mass is 150 g/mol. The molecule has 2 nitrogen and oxygen atoms in total. The minimum absolute atomic E-state index is 0.453. The van der Waals surface area contributed by atoms with E-state index in [1.54, 1.807) is 6.07 Å². The Kier molecular flexibility index (Phi) is 2.66. The van der Waals surface area contributed by atoms with Crippen LogP contribution in [-0.4, -0.2) is 6.47 Å². The van der Waals surface area contributed by atoms with Gasteiger partial charge in [-0.25, -0.2) is 0 Å². The molecule has 0 unspecified atom stereocenters. The molecule has 0 radical (unpaired) electrons. The van der Waals surface area contributed by atoms with Crippen molar-refractivity contribution < 1.29 is 9.53 Å². The minimum atomic E-state index is 0.453. The molecule has 0 aliphatic rings. The van der Waals surface area contributed by atoms with Crippen molar-refractivity contribution in [2.24, 2.45) is 0 Å². The van der Waals surface area contributed by atoms with Gasteiger partial charge in [-0.15, -0.1) is 0 Å². The molecule has 0 heterocycles. The molecular formula is C9H10O2. The van der Waals surface area contributed by atoms with E-state index >= 15 is 0 Å². The van der Waals surface area contributed by atoms with Crippen LogP contribution in [0.3, 0.4) is 0 Å². The first kappa shape index (κ1) is 7.79. The van der Waals surface area contributed by atoms with E-state index in [4.69, 9.17) is 4.74 Å². The van der Waals surface area contributed by atoms with Gasteiger partial charge in [0.25, 0.3) is 6.47 Å². The summed E-state index contributed by atoms with van der Waals surface area (Å²) in [5, 5.41) is 0. The number of hydrogen-bond donors (Lipinski definition) is 0. The summed E-state index contributed by atoms with van der Waals surface area (Å²) in [6.07, 6.45) is 0.879. The first-order chi connectivity index (χ1) is 5.38. The van der Waals surface area contributed by atoms with Gasteiger partial charge in [-0.2, -0.15) is 0 Å². The second-order valence-corrected chi connectivity index (χ2v) is 2.18. The number of para-hydroxylation sites is 1. The number of rotatable bonds is 3. The molecule has 0 aromatic heterocycles. The molecule has 0 amide bonds. The Morgan fingerprint density at radius 3 is 2.82 bits per heavy atom. The summed E-state index contributed by atoms with van der Waals surface area (Å²) in [7, 11) is 0.